The van der Waals surface area contributed by atoms with Crippen molar-refractivity contribution in [2.75, 3.05) is 33.0 Å². The van der Waals surface area contributed by atoms with Crippen LogP contribution in [-0.4, -0.2) is 53.7 Å². The van der Waals surface area contributed by atoms with Crippen LogP contribution in [0.3, 0.4) is 0 Å². The summed E-state index contributed by atoms with van der Waals surface area (Å²) in [4.78, 5) is 21.2. The molecule has 0 spiro atoms. The van der Waals surface area contributed by atoms with Gasteiger partial charge in [0.1, 0.15) is 5.01 Å². The standard InChI is InChI=1S/C19H21N3O3S.ClH/c1-14-12-26-18(20-14)11-21-6-8-22(9-7-21)19(23)5-3-15-2-4-16-17(10-15)25-13-24-16;/h2-5,10,12H,6-9,11,13H2,1H3;1H. The summed E-state index contributed by atoms with van der Waals surface area (Å²) >= 11 is 1.70. The number of carbonyl (C=O) groups is 1. The minimum atomic E-state index is 0. The molecule has 1 aromatic heterocycles. The van der Waals surface area contributed by atoms with E-state index in [0.29, 0.717) is 0 Å². The fourth-order valence-electron chi connectivity index (χ4n) is 3.08. The van der Waals surface area contributed by atoms with Gasteiger partial charge in [-0.25, -0.2) is 4.98 Å². The number of carbonyl (C=O) groups excluding carboxylic acids is 1. The highest BCUT2D eigenvalue weighted by atomic mass is 35.5. The van der Waals surface area contributed by atoms with Gasteiger partial charge < -0.3 is 14.4 Å². The van der Waals surface area contributed by atoms with Crippen molar-refractivity contribution >= 4 is 35.7 Å². The maximum absolute atomic E-state index is 12.4. The molecule has 27 heavy (non-hydrogen) atoms. The summed E-state index contributed by atoms with van der Waals surface area (Å²) in [6, 6.07) is 5.68. The molecular weight excluding hydrogens is 386 g/mol. The fourth-order valence-corrected chi connectivity index (χ4v) is 3.90. The highest BCUT2D eigenvalue weighted by Gasteiger charge is 2.20. The number of hydrogen-bond acceptors (Lipinski definition) is 6. The van der Waals surface area contributed by atoms with Gasteiger partial charge >= 0.3 is 0 Å². The van der Waals surface area contributed by atoms with Crippen molar-refractivity contribution in [3.05, 3.63) is 45.9 Å². The lowest BCUT2D eigenvalue weighted by Gasteiger charge is -2.33. The zero-order chi connectivity index (χ0) is 17.9. The highest BCUT2D eigenvalue weighted by Crippen LogP contribution is 2.32. The van der Waals surface area contributed by atoms with E-state index in [1.165, 1.54) is 0 Å². The SMILES string of the molecule is Cc1csc(CN2CCN(C(=O)C=Cc3ccc4c(c3)OCO4)CC2)n1.Cl. The number of aromatic nitrogens is 1. The van der Waals surface area contributed by atoms with E-state index >= 15 is 0 Å². The molecule has 0 bridgehead atoms. The molecule has 0 aliphatic carbocycles. The van der Waals surface area contributed by atoms with Crippen LogP contribution >= 0.6 is 23.7 Å². The third kappa shape index (κ3) is 4.80. The normalized spacial score (nSPS) is 16.6. The zero-order valence-electron chi connectivity index (χ0n) is 15.1. The van der Waals surface area contributed by atoms with Crippen molar-refractivity contribution in [3.8, 4) is 11.5 Å². The van der Waals surface area contributed by atoms with Crippen LogP contribution in [0, 0.1) is 6.92 Å². The first kappa shape index (κ1) is 19.7. The van der Waals surface area contributed by atoms with Gasteiger partial charge in [-0.1, -0.05) is 6.07 Å². The zero-order valence-corrected chi connectivity index (χ0v) is 16.7. The summed E-state index contributed by atoms with van der Waals surface area (Å²) in [6.07, 6.45) is 3.46. The number of benzene rings is 1. The van der Waals surface area contributed by atoms with Gasteiger partial charge in [-0.15, -0.1) is 23.7 Å². The van der Waals surface area contributed by atoms with Gasteiger partial charge in [0.15, 0.2) is 11.5 Å². The van der Waals surface area contributed by atoms with E-state index < -0.39 is 0 Å². The van der Waals surface area contributed by atoms with Crippen molar-refractivity contribution in [1.29, 1.82) is 0 Å². The number of fused-ring (bicyclic) bond motifs is 1. The number of piperazine rings is 1. The lowest BCUT2D eigenvalue weighted by Crippen LogP contribution is -2.47. The van der Waals surface area contributed by atoms with E-state index in [2.05, 4.69) is 15.3 Å². The Labute approximate surface area is 168 Å². The van der Waals surface area contributed by atoms with Crippen LogP contribution in [0.25, 0.3) is 6.08 Å². The molecule has 0 N–H and O–H groups in total. The van der Waals surface area contributed by atoms with Crippen molar-refractivity contribution in [2.24, 2.45) is 0 Å². The van der Waals surface area contributed by atoms with E-state index in [9.17, 15) is 4.79 Å². The van der Waals surface area contributed by atoms with E-state index in [0.717, 1.165) is 60.5 Å². The summed E-state index contributed by atoms with van der Waals surface area (Å²) in [5.41, 5.74) is 2.01. The number of amides is 1. The second kappa shape index (κ2) is 8.73. The lowest BCUT2D eigenvalue weighted by molar-refractivity contribution is -0.127. The van der Waals surface area contributed by atoms with E-state index in [-0.39, 0.29) is 25.1 Å². The molecule has 144 valence electrons. The second-order valence-corrected chi connectivity index (χ2v) is 7.37. The smallest absolute Gasteiger partial charge is 0.246 e. The van der Waals surface area contributed by atoms with Crippen LogP contribution in [-0.2, 0) is 11.3 Å². The molecule has 0 radical (unpaired) electrons. The molecule has 4 rings (SSSR count). The first-order chi connectivity index (χ1) is 12.7. The predicted octanol–water partition coefficient (Wildman–Crippen LogP) is 2.96. The molecule has 1 fully saturated rings. The molecule has 8 heteroatoms. The Morgan fingerprint density at radius 1 is 1.22 bits per heavy atom. The molecule has 1 aromatic carbocycles. The summed E-state index contributed by atoms with van der Waals surface area (Å²) in [7, 11) is 0. The molecular formula is C19H22ClN3O3S. The van der Waals surface area contributed by atoms with Gasteiger partial charge in [0.25, 0.3) is 0 Å². The minimum Gasteiger partial charge on any atom is -0.454 e. The number of nitrogens with zero attached hydrogens (tertiary/aromatic N) is 3. The van der Waals surface area contributed by atoms with Crippen LogP contribution in [0.4, 0.5) is 0 Å². The number of thiazole rings is 1. The maximum atomic E-state index is 12.4. The largest absolute Gasteiger partial charge is 0.454 e. The van der Waals surface area contributed by atoms with Gasteiger partial charge in [0.2, 0.25) is 12.7 Å². The molecule has 0 unspecified atom stereocenters. The molecule has 2 aromatic rings. The number of hydrogen-bond donors (Lipinski definition) is 0. The Balaban J connectivity index is 0.00000210. The molecule has 2 aliphatic heterocycles. The Morgan fingerprint density at radius 3 is 2.74 bits per heavy atom. The average molecular weight is 408 g/mol. The summed E-state index contributed by atoms with van der Waals surface area (Å²) in [6.45, 7) is 6.39. The lowest BCUT2D eigenvalue weighted by atomic mass is 10.2. The number of rotatable bonds is 4. The van der Waals surface area contributed by atoms with Gasteiger partial charge in [0.05, 0.1) is 6.54 Å². The summed E-state index contributed by atoms with van der Waals surface area (Å²) in [5, 5.41) is 3.22. The Kier molecular flexibility index (Phi) is 6.36. The van der Waals surface area contributed by atoms with E-state index in [1.54, 1.807) is 17.4 Å². The predicted molar refractivity (Wildman–Crippen MR) is 108 cm³/mol. The van der Waals surface area contributed by atoms with Gasteiger partial charge in [-0.3, -0.25) is 9.69 Å². The van der Waals surface area contributed by atoms with Crippen molar-refractivity contribution < 1.29 is 14.3 Å². The molecule has 1 saturated heterocycles. The Morgan fingerprint density at radius 2 is 2.00 bits per heavy atom. The first-order valence-corrected chi connectivity index (χ1v) is 9.55. The Hall–Kier alpha value is -2.09. The van der Waals surface area contributed by atoms with Crippen molar-refractivity contribution in [1.82, 2.24) is 14.8 Å². The van der Waals surface area contributed by atoms with Crippen molar-refractivity contribution in [2.45, 2.75) is 13.5 Å². The molecule has 0 saturated carbocycles. The van der Waals surface area contributed by atoms with E-state index in [4.69, 9.17) is 9.47 Å². The molecule has 0 atom stereocenters. The average Bonchev–Trinajstić information content (AvgIpc) is 3.28. The van der Waals surface area contributed by atoms with Crippen LogP contribution < -0.4 is 9.47 Å². The quantitative estimate of drug-likeness (QED) is 0.729. The van der Waals surface area contributed by atoms with Gasteiger partial charge in [-0.05, 0) is 30.7 Å². The first-order valence-electron chi connectivity index (χ1n) is 8.67. The maximum Gasteiger partial charge on any atom is 0.246 e. The third-order valence-corrected chi connectivity index (χ3v) is 5.48. The molecule has 6 nitrogen and oxygen atoms in total. The summed E-state index contributed by atoms with van der Waals surface area (Å²) < 4.78 is 10.7. The van der Waals surface area contributed by atoms with Crippen LogP contribution in [0.1, 0.15) is 16.3 Å². The third-order valence-electron chi connectivity index (χ3n) is 4.52. The molecule has 2 aliphatic rings. The fraction of sp³-hybridized carbons (Fsp3) is 0.368. The van der Waals surface area contributed by atoms with Crippen LogP contribution in [0.15, 0.2) is 29.7 Å². The van der Waals surface area contributed by atoms with Gasteiger partial charge in [0, 0.05) is 43.3 Å². The molecule has 3 heterocycles. The highest BCUT2D eigenvalue weighted by molar-refractivity contribution is 7.09. The molecule has 1 amide bonds. The van der Waals surface area contributed by atoms with Crippen molar-refractivity contribution in [3.63, 3.8) is 0 Å². The monoisotopic (exact) mass is 407 g/mol. The summed E-state index contributed by atoms with van der Waals surface area (Å²) in [5.74, 6) is 1.53. The minimum absolute atomic E-state index is 0. The number of ether oxygens (including phenoxy) is 2. The number of halogens is 1. The number of aryl methyl sites for hydroxylation is 1. The van der Waals surface area contributed by atoms with Gasteiger partial charge in [-0.2, -0.15) is 0 Å². The Bertz CT molecular complexity index is 831. The van der Waals surface area contributed by atoms with Crippen LogP contribution in [0.2, 0.25) is 0 Å². The van der Waals surface area contributed by atoms with Crippen LogP contribution in [0.5, 0.6) is 11.5 Å². The van der Waals surface area contributed by atoms with E-state index in [1.807, 2.05) is 36.1 Å². The second-order valence-electron chi connectivity index (χ2n) is 6.43. The topological polar surface area (TPSA) is 54.9 Å².